The molecular weight excluding hydrogens is 240 g/mol. The Hall–Kier alpha value is -1.39. The number of fused-ring (bicyclic) bond motifs is 1. The van der Waals surface area contributed by atoms with Crippen molar-refractivity contribution < 1.29 is 9.53 Å². The van der Waals surface area contributed by atoms with E-state index in [-0.39, 0.29) is 24.2 Å². The van der Waals surface area contributed by atoms with E-state index in [4.69, 9.17) is 10.5 Å². The normalized spacial score (nSPS) is 27.8. The van der Waals surface area contributed by atoms with Crippen molar-refractivity contribution >= 4 is 5.91 Å². The molecule has 1 fully saturated rings. The molecule has 0 radical (unpaired) electrons. The topological polar surface area (TPSA) is 64.4 Å². The van der Waals surface area contributed by atoms with E-state index in [2.05, 4.69) is 12.2 Å². The number of hydrogen-bond acceptors (Lipinski definition) is 3. The van der Waals surface area contributed by atoms with E-state index in [0.717, 1.165) is 42.5 Å². The summed E-state index contributed by atoms with van der Waals surface area (Å²) in [4.78, 5) is 11.9. The zero-order chi connectivity index (χ0) is 13.4. The van der Waals surface area contributed by atoms with Crippen molar-refractivity contribution in [3.63, 3.8) is 0 Å². The van der Waals surface area contributed by atoms with E-state index < -0.39 is 0 Å². The molecule has 2 aliphatic rings. The second-order valence-corrected chi connectivity index (χ2v) is 5.51. The van der Waals surface area contributed by atoms with Gasteiger partial charge < -0.3 is 15.8 Å². The predicted molar refractivity (Wildman–Crippen MR) is 73.0 cm³/mol. The lowest BCUT2D eigenvalue weighted by Crippen LogP contribution is -2.32. The summed E-state index contributed by atoms with van der Waals surface area (Å²) in [6.07, 6.45) is 3.31. The van der Waals surface area contributed by atoms with Crippen molar-refractivity contribution in [1.29, 1.82) is 0 Å². The summed E-state index contributed by atoms with van der Waals surface area (Å²) < 4.78 is 5.82. The lowest BCUT2D eigenvalue weighted by Gasteiger charge is -2.22. The van der Waals surface area contributed by atoms with Crippen LogP contribution in [0.3, 0.4) is 0 Å². The van der Waals surface area contributed by atoms with Crippen molar-refractivity contribution in [2.24, 2.45) is 5.73 Å². The van der Waals surface area contributed by atoms with Gasteiger partial charge in [0.1, 0.15) is 0 Å². The van der Waals surface area contributed by atoms with Gasteiger partial charge >= 0.3 is 0 Å². The van der Waals surface area contributed by atoms with Crippen molar-refractivity contribution in [2.45, 2.75) is 44.4 Å². The van der Waals surface area contributed by atoms with Gasteiger partial charge in [0.05, 0.1) is 18.2 Å². The molecule has 3 unspecified atom stereocenters. The molecule has 1 aromatic carbocycles. The minimum Gasteiger partial charge on any atom is -0.373 e. The SMILES string of the molecule is CC1CCC(C(N)c2ccc3c(c2)C(=O)NCC3)O1. The lowest BCUT2D eigenvalue weighted by molar-refractivity contribution is 0.0401. The van der Waals surface area contributed by atoms with E-state index in [1.165, 1.54) is 0 Å². The molecule has 3 rings (SSSR count). The molecule has 0 aliphatic carbocycles. The summed E-state index contributed by atoms with van der Waals surface area (Å²) in [5, 5.41) is 2.87. The molecule has 4 nitrogen and oxygen atoms in total. The summed E-state index contributed by atoms with van der Waals surface area (Å²) >= 11 is 0. The molecule has 0 spiro atoms. The van der Waals surface area contributed by atoms with E-state index >= 15 is 0 Å². The fourth-order valence-electron chi connectivity index (χ4n) is 2.95. The predicted octanol–water partition coefficient (Wildman–Crippen LogP) is 1.54. The van der Waals surface area contributed by atoms with Crippen LogP contribution in [0.4, 0.5) is 0 Å². The average Bonchev–Trinajstić information content (AvgIpc) is 2.85. The summed E-state index contributed by atoms with van der Waals surface area (Å²) in [6, 6.07) is 5.85. The van der Waals surface area contributed by atoms with Crippen LogP contribution in [-0.2, 0) is 11.2 Å². The van der Waals surface area contributed by atoms with Gasteiger partial charge in [-0.3, -0.25) is 4.79 Å². The van der Waals surface area contributed by atoms with Crippen LogP contribution >= 0.6 is 0 Å². The van der Waals surface area contributed by atoms with Crippen LogP contribution in [0.1, 0.15) is 47.3 Å². The first-order valence-corrected chi connectivity index (χ1v) is 6.97. The second kappa shape index (κ2) is 4.94. The number of amides is 1. The van der Waals surface area contributed by atoms with Gasteiger partial charge in [0.15, 0.2) is 0 Å². The van der Waals surface area contributed by atoms with Crippen LogP contribution in [0.2, 0.25) is 0 Å². The van der Waals surface area contributed by atoms with Gasteiger partial charge in [-0.25, -0.2) is 0 Å². The molecule has 3 N–H and O–H groups in total. The molecule has 4 heteroatoms. The van der Waals surface area contributed by atoms with Gasteiger partial charge in [-0.15, -0.1) is 0 Å². The molecule has 1 aromatic rings. The standard InChI is InChI=1S/C15H20N2O2/c1-9-2-5-13(19-9)14(16)11-4-3-10-6-7-17-15(18)12(10)8-11/h3-4,8-9,13-14H,2,5-7,16H2,1H3,(H,17,18). The molecule has 0 saturated carbocycles. The molecule has 3 atom stereocenters. The van der Waals surface area contributed by atoms with Gasteiger partial charge in [-0.2, -0.15) is 0 Å². The minimum atomic E-state index is -0.148. The fourth-order valence-corrected chi connectivity index (χ4v) is 2.95. The third kappa shape index (κ3) is 2.38. The number of nitrogens with two attached hydrogens (primary N) is 1. The summed E-state index contributed by atoms with van der Waals surface area (Å²) in [5.74, 6) is 0.0102. The van der Waals surface area contributed by atoms with E-state index in [9.17, 15) is 4.79 Å². The van der Waals surface area contributed by atoms with Gasteiger partial charge in [-0.1, -0.05) is 12.1 Å². The monoisotopic (exact) mass is 260 g/mol. The Labute approximate surface area is 113 Å². The smallest absolute Gasteiger partial charge is 0.251 e. The van der Waals surface area contributed by atoms with Crippen LogP contribution in [0.15, 0.2) is 18.2 Å². The number of nitrogens with one attached hydrogen (secondary N) is 1. The Morgan fingerprint density at radius 3 is 3.00 bits per heavy atom. The number of ether oxygens (including phenoxy) is 1. The van der Waals surface area contributed by atoms with Gasteiger partial charge in [-0.05, 0) is 43.4 Å². The maximum Gasteiger partial charge on any atom is 0.251 e. The number of benzene rings is 1. The Morgan fingerprint density at radius 1 is 1.42 bits per heavy atom. The molecule has 19 heavy (non-hydrogen) atoms. The van der Waals surface area contributed by atoms with E-state index in [1.54, 1.807) is 0 Å². The van der Waals surface area contributed by atoms with Crippen LogP contribution in [0.25, 0.3) is 0 Å². The van der Waals surface area contributed by atoms with E-state index in [1.807, 2.05) is 18.2 Å². The largest absolute Gasteiger partial charge is 0.373 e. The molecule has 1 saturated heterocycles. The molecule has 2 heterocycles. The van der Waals surface area contributed by atoms with Crippen molar-refractivity contribution in [2.75, 3.05) is 6.54 Å². The first-order valence-electron chi connectivity index (χ1n) is 6.97. The second-order valence-electron chi connectivity index (χ2n) is 5.51. The van der Waals surface area contributed by atoms with Crippen LogP contribution in [-0.4, -0.2) is 24.7 Å². The van der Waals surface area contributed by atoms with Crippen LogP contribution in [0, 0.1) is 0 Å². The summed E-state index contributed by atoms with van der Waals surface area (Å²) in [6.45, 7) is 2.80. The van der Waals surface area contributed by atoms with E-state index in [0.29, 0.717) is 0 Å². The van der Waals surface area contributed by atoms with Crippen molar-refractivity contribution in [3.8, 4) is 0 Å². The lowest BCUT2D eigenvalue weighted by atomic mass is 9.93. The zero-order valence-electron chi connectivity index (χ0n) is 11.2. The maximum atomic E-state index is 11.9. The van der Waals surface area contributed by atoms with Crippen molar-refractivity contribution in [1.82, 2.24) is 5.32 Å². The first kappa shape index (κ1) is 12.6. The minimum absolute atomic E-state index is 0.0102. The Morgan fingerprint density at radius 2 is 2.26 bits per heavy atom. The quantitative estimate of drug-likeness (QED) is 0.847. The highest BCUT2D eigenvalue weighted by atomic mass is 16.5. The number of carbonyl (C=O) groups is 1. The van der Waals surface area contributed by atoms with Gasteiger partial charge in [0.2, 0.25) is 0 Å². The Balaban J connectivity index is 1.85. The number of rotatable bonds is 2. The third-order valence-corrected chi connectivity index (χ3v) is 4.11. The molecule has 2 aliphatic heterocycles. The summed E-state index contributed by atoms with van der Waals surface area (Å²) in [5.41, 5.74) is 9.16. The Bertz CT molecular complexity index is 501. The van der Waals surface area contributed by atoms with Gasteiger partial charge in [0, 0.05) is 12.1 Å². The molecular formula is C15H20N2O2. The Kier molecular flexibility index (Phi) is 3.29. The molecule has 0 aromatic heterocycles. The third-order valence-electron chi connectivity index (χ3n) is 4.11. The maximum absolute atomic E-state index is 11.9. The highest BCUT2D eigenvalue weighted by Crippen LogP contribution is 2.29. The number of hydrogen-bond donors (Lipinski definition) is 2. The highest BCUT2D eigenvalue weighted by molar-refractivity contribution is 5.96. The highest BCUT2D eigenvalue weighted by Gasteiger charge is 2.29. The molecule has 0 bridgehead atoms. The van der Waals surface area contributed by atoms with Gasteiger partial charge in [0.25, 0.3) is 5.91 Å². The zero-order valence-corrected chi connectivity index (χ0v) is 11.2. The summed E-state index contributed by atoms with van der Waals surface area (Å²) in [7, 11) is 0. The number of carbonyl (C=O) groups excluding carboxylic acids is 1. The fraction of sp³-hybridized carbons (Fsp3) is 0.533. The average molecular weight is 260 g/mol. The van der Waals surface area contributed by atoms with Crippen LogP contribution < -0.4 is 11.1 Å². The van der Waals surface area contributed by atoms with Crippen molar-refractivity contribution in [3.05, 3.63) is 34.9 Å². The first-order chi connectivity index (χ1) is 9.15. The molecule has 1 amide bonds. The molecule has 102 valence electrons. The van der Waals surface area contributed by atoms with Crippen LogP contribution in [0.5, 0.6) is 0 Å².